The Morgan fingerprint density at radius 3 is 2.00 bits per heavy atom. The molecule has 1 fully saturated rings. The molecule has 1 atom stereocenters. The summed E-state index contributed by atoms with van der Waals surface area (Å²) in [6, 6.07) is -1.68. The number of rotatable bonds is 2. The van der Waals surface area contributed by atoms with Crippen molar-refractivity contribution in [2.24, 2.45) is 5.92 Å². The van der Waals surface area contributed by atoms with E-state index in [1.165, 1.54) is 0 Å². The van der Waals surface area contributed by atoms with Crippen molar-refractivity contribution < 1.29 is 41.0 Å². The van der Waals surface area contributed by atoms with E-state index in [0.717, 1.165) is 11.8 Å². The first-order valence-electron chi connectivity index (χ1n) is 4.70. The maximum absolute atomic E-state index is 12.3. The highest BCUT2D eigenvalue weighted by molar-refractivity contribution is 7.99. The van der Waals surface area contributed by atoms with E-state index in [4.69, 9.17) is 5.11 Å². The molecule has 1 unspecified atom stereocenters. The van der Waals surface area contributed by atoms with Crippen LogP contribution in [-0.4, -0.2) is 51.9 Å². The maximum Gasteiger partial charge on any atom is 0.409 e. The average Bonchev–Trinajstić information content (AvgIpc) is 2.59. The van der Waals surface area contributed by atoms with Crippen molar-refractivity contribution in [1.82, 2.24) is 4.90 Å². The van der Waals surface area contributed by atoms with Crippen molar-refractivity contribution in [2.75, 3.05) is 11.6 Å². The molecule has 1 aliphatic heterocycles. The maximum atomic E-state index is 12.3. The number of halogens is 6. The summed E-state index contributed by atoms with van der Waals surface area (Å²) < 4.78 is 74.0. The normalized spacial score (nSPS) is 21.0. The van der Waals surface area contributed by atoms with Gasteiger partial charge in [0.25, 0.3) is 0 Å². The van der Waals surface area contributed by atoms with Gasteiger partial charge in [-0.15, -0.1) is 11.8 Å². The van der Waals surface area contributed by atoms with Crippen molar-refractivity contribution in [3.8, 4) is 0 Å². The number of carbonyl (C=O) groups is 2. The van der Waals surface area contributed by atoms with Crippen LogP contribution >= 0.6 is 11.8 Å². The summed E-state index contributed by atoms with van der Waals surface area (Å²) in [5, 5.41) is 8.65. The molecule has 0 bridgehead atoms. The van der Waals surface area contributed by atoms with E-state index < -0.39 is 42.1 Å². The molecule has 11 heteroatoms. The van der Waals surface area contributed by atoms with Crippen molar-refractivity contribution in [2.45, 2.75) is 18.4 Å². The molecule has 0 aromatic carbocycles. The second-order valence-electron chi connectivity index (χ2n) is 3.68. The van der Waals surface area contributed by atoms with Crippen LogP contribution in [0.25, 0.3) is 0 Å². The van der Waals surface area contributed by atoms with Gasteiger partial charge in [0.15, 0.2) is 0 Å². The highest BCUT2D eigenvalue weighted by atomic mass is 32.2. The van der Waals surface area contributed by atoms with Gasteiger partial charge in [-0.1, -0.05) is 0 Å². The van der Waals surface area contributed by atoms with Crippen LogP contribution in [0.4, 0.5) is 26.3 Å². The number of amides is 1. The Hall–Kier alpha value is -1.13. The third-order valence-electron chi connectivity index (χ3n) is 2.35. The largest absolute Gasteiger partial charge is 0.480 e. The van der Waals surface area contributed by atoms with Gasteiger partial charge in [-0.3, -0.25) is 4.79 Å². The fourth-order valence-corrected chi connectivity index (χ4v) is 2.65. The Balaban J connectivity index is 3.04. The predicted molar refractivity (Wildman–Crippen MR) is 51.2 cm³/mol. The predicted octanol–water partition coefficient (Wildman–Crippen LogP) is 1.71. The van der Waals surface area contributed by atoms with E-state index in [2.05, 4.69) is 0 Å². The lowest BCUT2D eigenvalue weighted by atomic mass is 10.1. The number of carboxylic acids is 1. The molecular weight excluding hydrogens is 304 g/mol. The molecule has 0 saturated carbocycles. The molecule has 1 heterocycles. The third-order valence-corrected chi connectivity index (χ3v) is 3.36. The minimum absolute atomic E-state index is 0.0959. The molecule has 1 amide bonds. The summed E-state index contributed by atoms with van der Waals surface area (Å²) in [7, 11) is 0. The van der Waals surface area contributed by atoms with Crippen molar-refractivity contribution in [3.05, 3.63) is 0 Å². The van der Waals surface area contributed by atoms with Gasteiger partial charge >= 0.3 is 18.3 Å². The fourth-order valence-electron chi connectivity index (χ4n) is 1.50. The molecule has 0 aliphatic carbocycles. The molecule has 0 aromatic heterocycles. The number of carboxylic acid groups (broad SMARTS) is 1. The van der Waals surface area contributed by atoms with Gasteiger partial charge in [-0.05, 0) is 0 Å². The number of hydrogen-bond donors (Lipinski definition) is 1. The monoisotopic (exact) mass is 311 g/mol. The zero-order valence-electron chi connectivity index (χ0n) is 8.96. The quantitative estimate of drug-likeness (QED) is 0.789. The summed E-state index contributed by atoms with van der Waals surface area (Å²) in [5.74, 6) is -8.87. The standard InChI is InChI=1S/C8H7F6NO3S/c9-7(10,11)4(8(12,13)14)5(16)15-2-19-1-3(15)6(17)18/h3-4H,1-2H2,(H,17,18). The fraction of sp³-hybridized carbons (Fsp3) is 0.750. The zero-order valence-corrected chi connectivity index (χ0v) is 9.77. The lowest BCUT2D eigenvalue weighted by Crippen LogP contribution is -2.52. The SMILES string of the molecule is O=C(O)C1CSCN1C(=O)C(C(F)(F)F)C(F)(F)F. The van der Waals surface area contributed by atoms with Crippen LogP contribution in [0.1, 0.15) is 0 Å². The van der Waals surface area contributed by atoms with E-state index in [0.29, 0.717) is 0 Å². The third kappa shape index (κ3) is 3.45. The van der Waals surface area contributed by atoms with Gasteiger partial charge in [-0.25, -0.2) is 4.79 Å². The topological polar surface area (TPSA) is 57.6 Å². The molecule has 0 spiro atoms. The van der Waals surface area contributed by atoms with Crippen LogP contribution in [0.15, 0.2) is 0 Å². The molecule has 1 aliphatic rings. The Morgan fingerprint density at radius 1 is 1.16 bits per heavy atom. The summed E-state index contributed by atoms with van der Waals surface area (Å²) in [4.78, 5) is 22.1. The Labute approximate surface area is 106 Å². The van der Waals surface area contributed by atoms with Gasteiger partial charge < -0.3 is 10.0 Å². The molecule has 0 aromatic rings. The molecule has 1 saturated heterocycles. The average molecular weight is 311 g/mol. The lowest BCUT2D eigenvalue weighted by Gasteiger charge is -2.28. The van der Waals surface area contributed by atoms with Gasteiger partial charge in [-0.2, -0.15) is 26.3 Å². The number of aliphatic carboxylic acids is 1. The van der Waals surface area contributed by atoms with E-state index in [1.54, 1.807) is 0 Å². The summed E-state index contributed by atoms with van der Waals surface area (Å²) in [6.45, 7) is 0. The number of carbonyl (C=O) groups excluding carboxylic acids is 1. The Kier molecular flexibility index (Phi) is 4.27. The molecule has 19 heavy (non-hydrogen) atoms. The minimum atomic E-state index is -5.81. The number of hydrogen-bond acceptors (Lipinski definition) is 3. The second kappa shape index (κ2) is 5.10. The van der Waals surface area contributed by atoms with E-state index in [9.17, 15) is 35.9 Å². The van der Waals surface area contributed by atoms with Gasteiger partial charge in [0, 0.05) is 5.75 Å². The van der Waals surface area contributed by atoms with Crippen molar-refractivity contribution >= 4 is 23.6 Å². The van der Waals surface area contributed by atoms with Gasteiger partial charge in [0.2, 0.25) is 11.8 Å². The zero-order chi connectivity index (χ0) is 15.0. The van der Waals surface area contributed by atoms with Crippen LogP contribution in [-0.2, 0) is 9.59 Å². The molecule has 4 nitrogen and oxygen atoms in total. The Morgan fingerprint density at radius 2 is 1.63 bits per heavy atom. The molecule has 0 radical (unpaired) electrons. The van der Waals surface area contributed by atoms with E-state index >= 15 is 0 Å². The number of thioether (sulfide) groups is 1. The van der Waals surface area contributed by atoms with Crippen molar-refractivity contribution in [3.63, 3.8) is 0 Å². The highest BCUT2D eigenvalue weighted by Crippen LogP contribution is 2.41. The van der Waals surface area contributed by atoms with E-state index in [-0.39, 0.29) is 10.7 Å². The Bertz CT molecular complexity index is 368. The van der Waals surface area contributed by atoms with Crippen LogP contribution < -0.4 is 0 Å². The minimum Gasteiger partial charge on any atom is -0.480 e. The van der Waals surface area contributed by atoms with Crippen LogP contribution in [0, 0.1) is 5.92 Å². The van der Waals surface area contributed by atoms with Gasteiger partial charge in [0.05, 0.1) is 5.88 Å². The van der Waals surface area contributed by atoms with Crippen LogP contribution in [0.2, 0.25) is 0 Å². The summed E-state index contributed by atoms with van der Waals surface area (Å²) >= 11 is 0.775. The highest BCUT2D eigenvalue weighted by Gasteiger charge is 2.63. The molecule has 110 valence electrons. The molecule has 1 N–H and O–H groups in total. The summed E-state index contributed by atoms with van der Waals surface area (Å²) in [6.07, 6.45) is -11.6. The lowest BCUT2D eigenvalue weighted by molar-refractivity contribution is -0.277. The number of nitrogens with zero attached hydrogens (tertiary/aromatic N) is 1. The smallest absolute Gasteiger partial charge is 0.409 e. The number of alkyl halides is 6. The second-order valence-corrected chi connectivity index (χ2v) is 4.68. The first-order chi connectivity index (χ1) is 8.46. The van der Waals surface area contributed by atoms with Crippen molar-refractivity contribution in [1.29, 1.82) is 0 Å². The van der Waals surface area contributed by atoms with Crippen LogP contribution in [0.5, 0.6) is 0 Å². The van der Waals surface area contributed by atoms with Gasteiger partial charge in [0.1, 0.15) is 6.04 Å². The first kappa shape index (κ1) is 15.9. The molecular formula is C8H7F6NO3S. The summed E-state index contributed by atoms with van der Waals surface area (Å²) in [5.41, 5.74) is 0. The molecule has 1 rings (SSSR count). The first-order valence-corrected chi connectivity index (χ1v) is 5.86. The van der Waals surface area contributed by atoms with E-state index in [1.807, 2.05) is 0 Å². The van der Waals surface area contributed by atoms with Crippen LogP contribution in [0.3, 0.4) is 0 Å².